The van der Waals surface area contributed by atoms with E-state index in [4.69, 9.17) is 4.74 Å². The lowest BCUT2D eigenvalue weighted by molar-refractivity contribution is 0.305. The van der Waals surface area contributed by atoms with Crippen molar-refractivity contribution in [2.45, 2.75) is 26.3 Å². The van der Waals surface area contributed by atoms with E-state index in [2.05, 4.69) is 47.2 Å². The molecule has 1 heterocycles. The van der Waals surface area contributed by atoms with Gasteiger partial charge in [0, 0.05) is 28.0 Å². The van der Waals surface area contributed by atoms with E-state index < -0.39 is 0 Å². The van der Waals surface area contributed by atoms with Gasteiger partial charge in [-0.2, -0.15) is 11.8 Å². The van der Waals surface area contributed by atoms with Gasteiger partial charge in [-0.25, -0.2) is 0 Å². The standard InChI is InChI=1S/C14H20BrNOS/c1-14(2)4-5-18-9-13(14)16-11-6-10(15)7-12(8-11)17-3/h6-8,13,16H,4-5,9H2,1-3H3. The number of hydrogen-bond acceptors (Lipinski definition) is 3. The Morgan fingerprint density at radius 2 is 2.17 bits per heavy atom. The molecule has 0 amide bonds. The first-order chi connectivity index (χ1) is 8.51. The summed E-state index contributed by atoms with van der Waals surface area (Å²) in [6, 6.07) is 6.65. The molecule has 0 aliphatic carbocycles. The van der Waals surface area contributed by atoms with Gasteiger partial charge in [0.15, 0.2) is 0 Å². The van der Waals surface area contributed by atoms with Crippen LogP contribution in [0.5, 0.6) is 5.75 Å². The SMILES string of the molecule is COc1cc(Br)cc(NC2CSCCC2(C)C)c1. The molecule has 1 atom stereocenters. The molecular weight excluding hydrogens is 310 g/mol. The summed E-state index contributed by atoms with van der Waals surface area (Å²) < 4.78 is 6.35. The topological polar surface area (TPSA) is 21.3 Å². The van der Waals surface area contributed by atoms with Crippen LogP contribution in [-0.4, -0.2) is 24.7 Å². The highest BCUT2D eigenvalue weighted by atomic mass is 79.9. The van der Waals surface area contributed by atoms with Crippen LogP contribution in [0, 0.1) is 5.41 Å². The molecule has 1 aliphatic heterocycles. The van der Waals surface area contributed by atoms with Crippen LogP contribution in [0.25, 0.3) is 0 Å². The second-order valence-corrected chi connectivity index (χ2v) is 7.46. The van der Waals surface area contributed by atoms with Crippen LogP contribution in [0.15, 0.2) is 22.7 Å². The van der Waals surface area contributed by atoms with E-state index in [1.807, 2.05) is 17.8 Å². The van der Waals surface area contributed by atoms with Crippen molar-refractivity contribution in [1.29, 1.82) is 0 Å². The second-order valence-electron chi connectivity index (χ2n) is 5.39. The van der Waals surface area contributed by atoms with E-state index in [0.29, 0.717) is 11.5 Å². The van der Waals surface area contributed by atoms with E-state index in [-0.39, 0.29) is 0 Å². The third-order valence-corrected chi connectivity index (χ3v) is 5.09. The summed E-state index contributed by atoms with van der Waals surface area (Å²) in [5.74, 6) is 3.32. The zero-order valence-electron chi connectivity index (χ0n) is 11.1. The average molecular weight is 330 g/mol. The molecule has 0 aromatic heterocycles. The van der Waals surface area contributed by atoms with Crippen LogP contribution in [-0.2, 0) is 0 Å². The van der Waals surface area contributed by atoms with Gasteiger partial charge >= 0.3 is 0 Å². The number of rotatable bonds is 3. The summed E-state index contributed by atoms with van der Waals surface area (Å²) in [7, 11) is 1.70. The zero-order valence-corrected chi connectivity index (χ0v) is 13.5. The van der Waals surface area contributed by atoms with Crippen LogP contribution in [0.1, 0.15) is 20.3 Å². The number of hydrogen-bond donors (Lipinski definition) is 1. The highest BCUT2D eigenvalue weighted by Gasteiger charge is 2.32. The second kappa shape index (κ2) is 5.74. The highest BCUT2D eigenvalue weighted by Crippen LogP contribution is 2.36. The molecule has 0 bridgehead atoms. The summed E-state index contributed by atoms with van der Waals surface area (Å²) >= 11 is 5.56. The predicted molar refractivity (Wildman–Crippen MR) is 83.8 cm³/mol. The number of anilines is 1. The first-order valence-corrected chi connectivity index (χ1v) is 8.15. The van der Waals surface area contributed by atoms with Crippen molar-refractivity contribution >= 4 is 33.4 Å². The molecule has 0 spiro atoms. The molecule has 2 rings (SSSR count). The monoisotopic (exact) mass is 329 g/mol. The van der Waals surface area contributed by atoms with E-state index in [9.17, 15) is 0 Å². The number of nitrogens with one attached hydrogen (secondary N) is 1. The molecule has 1 fully saturated rings. The van der Waals surface area contributed by atoms with Gasteiger partial charge in [-0.3, -0.25) is 0 Å². The fourth-order valence-electron chi connectivity index (χ4n) is 2.14. The Balaban J connectivity index is 2.15. The molecule has 0 saturated carbocycles. The maximum absolute atomic E-state index is 5.30. The third kappa shape index (κ3) is 3.35. The van der Waals surface area contributed by atoms with Crippen LogP contribution >= 0.6 is 27.7 Å². The summed E-state index contributed by atoms with van der Waals surface area (Å²) in [4.78, 5) is 0. The minimum absolute atomic E-state index is 0.348. The summed E-state index contributed by atoms with van der Waals surface area (Å²) in [6.45, 7) is 4.69. The fourth-order valence-corrected chi connectivity index (χ4v) is 4.22. The lowest BCUT2D eigenvalue weighted by Crippen LogP contribution is -2.41. The van der Waals surface area contributed by atoms with Crippen LogP contribution < -0.4 is 10.1 Å². The van der Waals surface area contributed by atoms with E-state index >= 15 is 0 Å². The largest absolute Gasteiger partial charge is 0.497 e. The summed E-state index contributed by atoms with van der Waals surface area (Å²) in [6.07, 6.45) is 1.26. The van der Waals surface area contributed by atoms with E-state index in [1.54, 1.807) is 7.11 Å². The van der Waals surface area contributed by atoms with Crippen molar-refractivity contribution in [3.05, 3.63) is 22.7 Å². The van der Waals surface area contributed by atoms with Crippen LogP contribution in [0.3, 0.4) is 0 Å². The van der Waals surface area contributed by atoms with Crippen molar-refractivity contribution in [3.63, 3.8) is 0 Å². The maximum Gasteiger partial charge on any atom is 0.122 e. The van der Waals surface area contributed by atoms with E-state index in [1.165, 1.54) is 17.9 Å². The Labute approximate surface area is 122 Å². The molecule has 1 aromatic rings. The van der Waals surface area contributed by atoms with Crippen LogP contribution in [0.4, 0.5) is 5.69 Å². The summed E-state index contributed by atoms with van der Waals surface area (Å²) in [5.41, 5.74) is 1.47. The normalized spacial score (nSPS) is 22.6. The first-order valence-electron chi connectivity index (χ1n) is 6.20. The quantitative estimate of drug-likeness (QED) is 0.887. The van der Waals surface area contributed by atoms with E-state index in [0.717, 1.165) is 15.9 Å². The number of ether oxygens (including phenoxy) is 1. The van der Waals surface area contributed by atoms with Crippen LogP contribution in [0.2, 0.25) is 0 Å². The number of benzene rings is 1. The van der Waals surface area contributed by atoms with Gasteiger partial charge in [-0.15, -0.1) is 0 Å². The van der Waals surface area contributed by atoms with Gasteiger partial charge < -0.3 is 10.1 Å². The van der Waals surface area contributed by atoms with Crippen molar-refractivity contribution in [1.82, 2.24) is 0 Å². The Hall–Kier alpha value is -0.350. The molecule has 100 valence electrons. The minimum atomic E-state index is 0.348. The van der Waals surface area contributed by atoms with Crippen molar-refractivity contribution in [2.75, 3.05) is 23.9 Å². The van der Waals surface area contributed by atoms with Gasteiger partial charge in [0.1, 0.15) is 5.75 Å². The molecule has 18 heavy (non-hydrogen) atoms. The molecule has 0 radical (unpaired) electrons. The Morgan fingerprint density at radius 1 is 1.39 bits per heavy atom. The zero-order chi connectivity index (χ0) is 13.2. The summed E-state index contributed by atoms with van der Waals surface area (Å²) in [5, 5.41) is 3.66. The smallest absolute Gasteiger partial charge is 0.122 e. The third-order valence-electron chi connectivity index (χ3n) is 3.57. The van der Waals surface area contributed by atoms with Gasteiger partial charge in [0.25, 0.3) is 0 Å². The molecule has 1 aliphatic rings. The van der Waals surface area contributed by atoms with Crippen molar-refractivity contribution in [2.24, 2.45) is 5.41 Å². The Morgan fingerprint density at radius 3 is 2.83 bits per heavy atom. The van der Waals surface area contributed by atoms with Crippen molar-refractivity contribution < 1.29 is 4.74 Å². The lowest BCUT2D eigenvalue weighted by Gasteiger charge is -2.39. The molecule has 1 aromatic carbocycles. The molecule has 2 nitrogen and oxygen atoms in total. The molecule has 4 heteroatoms. The van der Waals surface area contributed by atoms with Gasteiger partial charge in [0.05, 0.1) is 7.11 Å². The molecule has 1 unspecified atom stereocenters. The van der Waals surface area contributed by atoms with Gasteiger partial charge in [0.2, 0.25) is 0 Å². The average Bonchev–Trinajstić information content (AvgIpc) is 2.31. The van der Waals surface area contributed by atoms with Gasteiger partial charge in [-0.1, -0.05) is 29.8 Å². The Bertz CT molecular complexity index is 422. The fraction of sp³-hybridized carbons (Fsp3) is 0.571. The number of halogens is 1. The molecule has 1 N–H and O–H groups in total. The number of methoxy groups -OCH3 is 1. The lowest BCUT2D eigenvalue weighted by atomic mass is 9.82. The Kier molecular flexibility index (Phi) is 4.49. The molecule has 1 saturated heterocycles. The highest BCUT2D eigenvalue weighted by molar-refractivity contribution is 9.10. The predicted octanol–water partition coefficient (Wildman–Crippen LogP) is 4.40. The van der Waals surface area contributed by atoms with Gasteiger partial charge in [-0.05, 0) is 29.7 Å². The first kappa shape index (κ1) is 14.1. The van der Waals surface area contributed by atoms with Crippen molar-refractivity contribution in [3.8, 4) is 5.75 Å². The molecular formula is C14H20BrNOS. The maximum atomic E-state index is 5.30. The minimum Gasteiger partial charge on any atom is -0.497 e. The number of thioether (sulfide) groups is 1.